The lowest BCUT2D eigenvalue weighted by molar-refractivity contribution is 0.0947. The van der Waals surface area contributed by atoms with E-state index in [0.29, 0.717) is 12.1 Å². The molecule has 0 aliphatic carbocycles. The van der Waals surface area contributed by atoms with Crippen molar-refractivity contribution in [1.82, 2.24) is 5.32 Å². The van der Waals surface area contributed by atoms with E-state index in [1.54, 1.807) is 0 Å². The first-order chi connectivity index (χ1) is 8.20. The van der Waals surface area contributed by atoms with Gasteiger partial charge < -0.3 is 10.1 Å². The number of hydrogen-bond donors (Lipinski definition) is 1. The SMILES string of the molecule is CCNC(CC1CCCO1)c1cc(Br)sc1C. The number of nitrogens with one attached hydrogen (secondary N) is 1. The number of hydrogen-bond acceptors (Lipinski definition) is 3. The first kappa shape index (κ1) is 13.5. The third kappa shape index (κ3) is 3.53. The molecule has 2 nitrogen and oxygen atoms in total. The highest BCUT2D eigenvalue weighted by atomic mass is 79.9. The summed E-state index contributed by atoms with van der Waals surface area (Å²) in [7, 11) is 0. The van der Waals surface area contributed by atoms with Crippen LogP contribution >= 0.6 is 27.3 Å². The molecule has 2 unspecified atom stereocenters. The van der Waals surface area contributed by atoms with Gasteiger partial charge in [-0.3, -0.25) is 0 Å². The van der Waals surface area contributed by atoms with Crippen molar-refractivity contribution in [1.29, 1.82) is 0 Å². The van der Waals surface area contributed by atoms with Crippen molar-refractivity contribution in [3.05, 3.63) is 20.3 Å². The lowest BCUT2D eigenvalue weighted by Gasteiger charge is -2.21. The molecule has 0 aromatic carbocycles. The summed E-state index contributed by atoms with van der Waals surface area (Å²) in [5.41, 5.74) is 1.43. The van der Waals surface area contributed by atoms with Crippen molar-refractivity contribution in [3.63, 3.8) is 0 Å². The fraction of sp³-hybridized carbons (Fsp3) is 0.692. The van der Waals surface area contributed by atoms with E-state index in [9.17, 15) is 0 Å². The highest BCUT2D eigenvalue weighted by Crippen LogP contribution is 2.34. The Balaban J connectivity index is 2.07. The fourth-order valence-corrected chi connectivity index (χ4v) is 4.24. The van der Waals surface area contributed by atoms with Gasteiger partial charge in [0.2, 0.25) is 0 Å². The quantitative estimate of drug-likeness (QED) is 0.885. The van der Waals surface area contributed by atoms with Crippen molar-refractivity contribution >= 4 is 27.3 Å². The first-order valence-corrected chi connectivity index (χ1v) is 7.92. The zero-order valence-corrected chi connectivity index (χ0v) is 12.9. The minimum atomic E-state index is 0.436. The van der Waals surface area contributed by atoms with E-state index in [1.165, 1.54) is 27.1 Å². The van der Waals surface area contributed by atoms with Crippen LogP contribution < -0.4 is 5.32 Å². The van der Waals surface area contributed by atoms with Crippen LogP contribution in [0.4, 0.5) is 0 Å². The predicted octanol–water partition coefficient (Wildman–Crippen LogP) is 4.04. The molecular weight excluding hydrogens is 298 g/mol. The topological polar surface area (TPSA) is 21.3 Å². The fourth-order valence-electron chi connectivity index (χ4n) is 2.46. The summed E-state index contributed by atoms with van der Waals surface area (Å²) in [5, 5.41) is 3.59. The Bertz CT molecular complexity index is 360. The van der Waals surface area contributed by atoms with E-state index in [0.717, 1.165) is 19.6 Å². The van der Waals surface area contributed by atoms with Gasteiger partial charge in [0.15, 0.2) is 0 Å². The minimum Gasteiger partial charge on any atom is -0.378 e. The number of thiophene rings is 1. The van der Waals surface area contributed by atoms with Crippen molar-refractivity contribution in [2.24, 2.45) is 0 Å². The molecule has 1 N–H and O–H groups in total. The molecule has 2 rings (SSSR count). The molecule has 1 aliphatic rings. The van der Waals surface area contributed by atoms with Gasteiger partial charge in [-0.15, -0.1) is 11.3 Å². The molecule has 4 heteroatoms. The average molecular weight is 318 g/mol. The predicted molar refractivity (Wildman–Crippen MR) is 76.8 cm³/mol. The molecule has 1 aromatic rings. The summed E-state index contributed by atoms with van der Waals surface area (Å²) >= 11 is 5.39. The Morgan fingerprint density at radius 2 is 2.47 bits per heavy atom. The molecule has 0 saturated carbocycles. The van der Waals surface area contributed by atoms with E-state index in [2.05, 4.69) is 41.2 Å². The molecular formula is C13H20BrNOS. The average Bonchev–Trinajstić information content (AvgIpc) is 2.88. The Kier molecular flexibility index (Phi) is 5.03. The van der Waals surface area contributed by atoms with Crippen molar-refractivity contribution in [3.8, 4) is 0 Å². The van der Waals surface area contributed by atoms with Crippen molar-refractivity contribution in [2.45, 2.75) is 45.3 Å². The van der Waals surface area contributed by atoms with Crippen molar-refractivity contribution < 1.29 is 4.74 Å². The maximum atomic E-state index is 5.75. The van der Waals surface area contributed by atoms with Crippen molar-refractivity contribution in [2.75, 3.05) is 13.2 Å². The molecule has 1 fully saturated rings. The largest absolute Gasteiger partial charge is 0.378 e. The van der Waals surface area contributed by atoms with Gasteiger partial charge in [-0.25, -0.2) is 0 Å². The van der Waals surface area contributed by atoms with Crippen LogP contribution in [0, 0.1) is 6.92 Å². The second-order valence-electron chi connectivity index (χ2n) is 4.54. The van der Waals surface area contributed by atoms with Gasteiger partial charge in [0, 0.05) is 17.5 Å². The van der Waals surface area contributed by atoms with Crippen LogP contribution in [-0.4, -0.2) is 19.3 Å². The van der Waals surface area contributed by atoms with Gasteiger partial charge in [-0.1, -0.05) is 6.92 Å². The van der Waals surface area contributed by atoms with Gasteiger partial charge in [-0.2, -0.15) is 0 Å². The third-order valence-electron chi connectivity index (χ3n) is 3.27. The summed E-state index contributed by atoms with van der Waals surface area (Å²) in [6.07, 6.45) is 3.97. The summed E-state index contributed by atoms with van der Waals surface area (Å²) in [6.45, 7) is 6.31. The maximum absolute atomic E-state index is 5.75. The zero-order chi connectivity index (χ0) is 12.3. The highest BCUT2D eigenvalue weighted by molar-refractivity contribution is 9.11. The molecule has 17 heavy (non-hydrogen) atoms. The lowest BCUT2D eigenvalue weighted by atomic mass is 10.00. The second kappa shape index (κ2) is 6.32. The Morgan fingerprint density at radius 1 is 1.65 bits per heavy atom. The smallest absolute Gasteiger partial charge is 0.0704 e. The number of rotatable bonds is 5. The van der Waals surface area contributed by atoms with E-state index in [-0.39, 0.29) is 0 Å². The second-order valence-corrected chi connectivity index (χ2v) is 7.18. The van der Waals surface area contributed by atoms with E-state index >= 15 is 0 Å². The van der Waals surface area contributed by atoms with Crippen LogP contribution in [0.1, 0.15) is 42.7 Å². The Labute approximate surface area is 116 Å². The highest BCUT2D eigenvalue weighted by Gasteiger charge is 2.23. The molecule has 2 heterocycles. The lowest BCUT2D eigenvalue weighted by Crippen LogP contribution is -2.25. The molecule has 0 amide bonds. The molecule has 0 bridgehead atoms. The maximum Gasteiger partial charge on any atom is 0.0704 e. The monoisotopic (exact) mass is 317 g/mol. The molecule has 96 valence electrons. The molecule has 2 atom stereocenters. The van der Waals surface area contributed by atoms with E-state index in [1.807, 2.05) is 11.3 Å². The number of ether oxygens (including phenoxy) is 1. The van der Waals surface area contributed by atoms with Gasteiger partial charge in [0.1, 0.15) is 0 Å². The number of aryl methyl sites for hydroxylation is 1. The van der Waals surface area contributed by atoms with Crippen LogP contribution in [-0.2, 0) is 4.74 Å². The summed E-state index contributed by atoms with van der Waals surface area (Å²) in [6, 6.07) is 2.69. The van der Waals surface area contributed by atoms with E-state index < -0.39 is 0 Å². The van der Waals surface area contributed by atoms with Gasteiger partial charge in [0.25, 0.3) is 0 Å². The van der Waals surface area contributed by atoms with Crippen LogP contribution in [0.3, 0.4) is 0 Å². The minimum absolute atomic E-state index is 0.436. The van der Waals surface area contributed by atoms with Crippen LogP contribution in [0.5, 0.6) is 0 Å². The van der Waals surface area contributed by atoms with Gasteiger partial charge in [-0.05, 0) is 60.3 Å². The zero-order valence-electron chi connectivity index (χ0n) is 10.5. The Hall–Kier alpha value is 0.1000. The summed E-state index contributed by atoms with van der Waals surface area (Å²) in [5.74, 6) is 0. The van der Waals surface area contributed by atoms with Gasteiger partial charge >= 0.3 is 0 Å². The molecule has 0 spiro atoms. The van der Waals surface area contributed by atoms with Gasteiger partial charge in [0.05, 0.1) is 9.89 Å². The van der Waals surface area contributed by atoms with Crippen LogP contribution in [0.25, 0.3) is 0 Å². The molecule has 1 aliphatic heterocycles. The first-order valence-electron chi connectivity index (χ1n) is 6.31. The third-order valence-corrected chi connectivity index (χ3v) is 4.84. The Morgan fingerprint density at radius 3 is 3.00 bits per heavy atom. The van der Waals surface area contributed by atoms with Crippen LogP contribution in [0.2, 0.25) is 0 Å². The summed E-state index contributed by atoms with van der Waals surface area (Å²) < 4.78 is 6.97. The standard InChI is InChI=1S/C13H20BrNOS/c1-3-15-12(7-10-5-4-6-16-10)11-8-13(14)17-9(11)2/h8,10,12,15H,3-7H2,1-2H3. The number of halogens is 1. The molecule has 1 aromatic heterocycles. The summed E-state index contributed by atoms with van der Waals surface area (Å²) in [4.78, 5) is 1.40. The van der Waals surface area contributed by atoms with Crippen LogP contribution in [0.15, 0.2) is 9.85 Å². The normalized spacial score (nSPS) is 21.9. The molecule has 0 radical (unpaired) electrons. The van der Waals surface area contributed by atoms with E-state index in [4.69, 9.17) is 4.74 Å². The molecule has 1 saturated heterocycles.